The van der Waals surface area contributed by atoms with E-state index >= 15 is 0 Å². The van der Waals surface area contributed by atoms with E-state index in [2.05, 4.69) is 27.7 Å². The van der Waals surface area contributed by atoms with E-state index in [1.807, 2.05) is 0 Å². The second-order valence-corrected chi connectivity index (χ2v) is 7.82. The summed E-state index contributed by atoms with van der Waals surface area (Å²) >= 11 is 0. The van der Waals surface area contributed by atoms with Crippen molar-refractivity contribution in [1.29, 1.82) is 0 Å². The molecular formula is C15H26O. The standard InChI is InChI=1S/C15H26O/c1-10(2)15(16)8-14(9-15)6-5-11-7-12(14)13(11,3)4/h10-12,16H,5-9H2,1-4H3/t11-,12+,14?,15?/m1/s1. The first-order chi connectivity index (χ1) is 7.30. The summed E-state index contributed by atoms with van der Waals surface area (Å²) in [6.07, 6.45) is 6.41. The van der Waals surface area contributed by atoms with Crippen molar-refractivity contribution < 1.29 is 5.11 Å². The molecule has 4 saturated carbocycles. The van der Waals surface area contributed by atoms with Gasteiger partial charge in [0.15, 0.2) is 0 Å². The van der Waals surface area contributed by atoms with Crippen LogP contribution in [0.15, 0.2) is 0 Å². The predicted molar refractivity (Wildman–Crippen MR) is 66.1 cm³/mol. The quantitative estimate of drug-likeness (QED) is 0.718. The fourth-order valence-electron chi connectivity index (χ4n) is 5.18. The van der Waals surface area contributed by atoms with Crippen LogP contribution in [-0.4, -0.2) is 10.7 Å². The molecule has 4 fully saturated rings. The summed E-state index contributed by atoms with van der Waals surface area (Å²) in [6, 6.07) is 0. The van der Waals surface area contributed by atoms with E-state index in [-0.39, 0.29) is 5.60 Å². The van der Waals surface area contributed by atoms with Crippen LogP contribution in [0.1, 0.15) is 59.8 Å². The van der Waals surface area contributed by atoms with E-state index in [4.69, 9.17) is 0 Å². The van der Waals surface area contributed by atoms with Gasteiger partial charge in [-0.15, -0.1) is 0 Å². The van der Waals surface area contributed by atoms with Crippen LogP contribution in [0.4, 0.5) is 0 Å². The topological polar surface area (TPSA) is 20.2 Å². The first kappa shape index (κ1) is 11.1. The van der Waals surface area contributed by atoms with Gasteiger partial charge in [-0.05, 0) is 60.7 Å². The van der Waals surface area contributed by atoms with Crippen molar-refractivity contribution in [2.24, 2.45) is 28.6 Å². The van der Waals surface area contributed by atoms with Crippen molar-refractivity contribution in [3.05, 3.63) is 0 Å². The van der Waals surface area contributed by atoms with Gasteiger partial charge in [0.25, 0.3) is 0 Å². The maximum atomic E-state index is 10.5. The second kappa shape index (κ2) is 2.85. The molecule has 1 nitrogen and oxygen atoms in total. The molecule has 0 unspecified atom stereocenters. The molecule has 0 saturated heterocycles. The number of fused-ring (bicyclic) bond motifs is 1. The van der Waals surface area contributed by atoms with E-state index in [0.717, 1.165) is 24.7 Å². The lowest BCUT2D eigenvalue weighted by Gasteiger charge is -2.72. The van der Waals surface area contributed by atoms with Gasteiger partial charge in [-0.1, -0.05) is 27.7 Å². The zero-order chi connectivity index (χ0) is 11.8. The molecule has 2 bridgehead atoms. The molecule has 1 N–H and O–H groups in total. The monoisotopic (exact) mass is 222 g/mol. The fraction of sp³-hybridized carbons (Fsp3) is 1.00. The maximum Gasteiger partial charge on any atom is 0.0681 e. The molecule has 1 heteroatoms. The SMILES string of the molecule is CC(C)C1(O)CC2(CC[C@@H]3C[C@H]2C3(C)C)C1. The van der Waals surface area contributed by atoms with Gasteiger partial charge in [0.1, 0.15) is 0 Å². The van der Waals surface area contributed by atoms with Crippen LogP contribution in [0.2, 0.25) is 0 Å². The molecular weight excluding hydrogens is 196 g/mol. The van der Waals surface area contributed by atoms with Gasteiger partial charge < -0.3 is 5.11 Å². The zero-order valence-electron chi connectivity index (χ0n) is 11.2. The predicted octanol–water partition coefficient (Wildman–Crippen LogP) is 3.61. The smallest absolute Gasteiger partial charge is 0.0681 e. The fourth-order valence-corrected chi connectivity index (χ4v) is 5.18. The minimum atomic E-state index is -0.335. The lowest BCUT2D eigenvalue weighted by atomic mass is 9.34. The second-order valence-electron chi connectivity index (χ2n) is 7.82. The third kappa shape index (κ3) is 1.11. The van der Waals surface area contributed by atoms with Crippen molar-refractivity contribution in [3.63, 3.8) is 0 Å². The molecule has 4 aliphatic carbocycles. The number of rotatable bonds is 1. The van der Waals surface area contributed by atoms with Crippen LogP contribution in [0, 0.1) is 28.6 Å². The maximum absolute atomic E-state index is 10.5. The Hall–Kier alpha value is -0.0400. The summed E-state index contributed by atoms with van der Waals surface area (Å²) in [5, 5.41) is 10.5. The Morgan fingerprint density at radius 1 is 1.19 bits per heavy atom. The molecule has 1 spiro atoms. The summed E-state index contributed by atoms with van der Waals surface area (Å²) in [6.45, 7) is 9.26. The van der Waals surface area contributed by atoms with Crippen molar-refractivity contribution in [2.45, 2.75) is 65.4 Å². The van der Waals surface area contributed by atoms with Gasteiger partial charge in [-0.2, -0.15) is 0 Å². The normalized spacial score (nSPS) is 53.6. The Balaban J connectivity index is 1.78. The third-order valence-corrected chi connectivity index (χ3v) is 6.59. The molecule has 16 heavy (non-hydrogen) atoms. The van der Waals surface area contributed by atoms with E-state index in [1.165, 1.54) is 19.3 Å². The highest BCUT2D eigenvalue weighted by atomic mass is 16.3. The van der Waals surface area contributed by atoms with E-state index in [0.29, 0.717) is 16.7 Å². The number of hydrogen-bond acceptors (Lipinski definition) is 1. The lowest BCUT2D eigenvalue weighted by molar-refractivity contribution is -0.261. The Kier molecular flexibility index (Phi) is 1.98. The Morgan fingerprint density at radius 2 is 1.81 bits per heavy atom. The molecule has 0 aromatic carbocycles. The molecule has 0 aromatic heterocycles. The van der Waals surface area contributed by atoms with Gasteiger partial charge in [-0.25, -0.2) is 0 Å². The van der Waals surface area contributed by atoms with Crippen molar-refractivity contribution in [2.75, 3.05) is 0 Å². The first-order valence-electron chi connectivity index (χ1n) is 7.03. The highest BCUT2D eigenvalue weighted by Crippen LogP contribution is 2.73. The molecule has 4 rings (SSSR count). The van der Waals surface area contributed by atoms with Gasteiger partial charge in [0, 0.05) is 0 Å². The van der Waals surface area contributed by atoms with E-state index < -0.39 is 0 Å². The highest BCUT2D eigenvalue weighted by Gasteiger charge is 2.68. The van der Waals surface area contributed by atoms with Crippen molar-refractivity contribution in [3.8, 4) is 0 Å². The minimum absolute atomic E-state index is 0.335. The molecule has 0 amide bonds. The summed E-state index contributed by atoms with van der Waals surface area (Å²) in [5.74, 6) is 2.31. The van der Waals surface area contributed by atoms with Crippen LogP contribution in [-0.2, 0) is 0 Å². The van der Waals surface area contributed by atoms with Crippen LogP contribution in [0.3, 0.4) is 0 Å². The molecule has 92 valence electrons. The summed E-state index contributed by atoms with van der Waals surface area (Å²) in [4.78, 5) is 0. The summed E-state index contributed by atoms with van der Waals surface area (Å²) in [7, 11) is 0. The first-order valence-corrected chi connectivity index (χ1v) is 7.03. The van der Waals surface area contributed by atoms with Crippen LogP contribution >= 0.6 is 0 Å². The number of aliphatic hydroxyl groups is 1. The van der Waals surface area contributed by atoms with Crippen LogP contribution in [0.25, 0.3) is 0 Å². The van der Waals surface area contributed by atoms with Gasteiger partial charge >= 0.3 is 0 Å². The summed E-state index contributed by atoms with van der Waals surface area (Å²) in [5.41, 5.74) is 0.756. The average molecular weight is 222 g/mol. The molecule has 0 aromatic rings. The molecule has 0 aliphatic heterocycles. The highest BCUT2D eigenvalue weighted by molar-refractivity contribution is 5.17. The molecule has 0 radical (unpaired) electrons. The molecule has 2 atom stereocenters. The molecule has 4 aliphatic rings. The Bertz CT molecular complexity index is 307. The summed E-state index contributed by atoms with van der Waals surface area (Å²) < 4.78 is 0. The lowest BCUT2D eigenvalue weighted by Crippen LogP contribution is -2.67. The number of hydrogen-bond donors (Lipinski definition) is 1. The van der Waals surface area contributed by atoms with Gasteiger partial charge in [0.2, 0.25) is 0 Å². The molecule has 0 heterocycles. The van der Waals surface area contributed by atoms with Gasteiger partial charge in [-0.3, -0.25) is 0 Å². The van der Waals surface area contributed by atoms with Crippen molar-refractivity contribution >= 4 is 0 Å². The Labute approximate surface area is 99.6 Å². The van der Waals surface area contributed by atoms with Gasteiger partial charge in [0.05, 0.1) is 5.60 Å². The van der Waals surface area contributed by atoms with Crippen LogP contribution < -0.4 is 0 Å². The van der Waals surface area contributed by atoms with Crippen LogP contribution in [0.5, 0.6) is 0 Å². The largest absolute Gasteiger partial charge is 0.390 e. The van der Waals surface area contributed by atoms with E-state index in [9.17, 15) is 5.11 Å². The minimum Gasteiger partial charge on any atom is -0.390 e. The Morgan fingerprint density at radius 3 is 2.25 bits per heavy atom. The third-order valence-electron chi connectivity index (χ3n) is 6.59. The van der Waals surface area contributed by atoms with E-state index in [1.54, 1.807) is 0 Å². The van der Waals surface area contributed by atoms with Crippen molar-refractivity contribution in [1.82, 2.24) is 0 Å². The zero-order valence-corrected chi connectivity index (χ0v) is 11.2. The average Bonchev–Trinajstić information content (AvgIpc) is 2.15.